The molecular weight excluding hydrogens is 310 g/mol. The second-order valence-electron chi connectivity index (χ2n) is 6.21. The molecule has 3 nitrogen and oxygen atoms in total. The second kappa shape index (κ2) is 6.02. The summed E-state index contributed by atoms with van der Waals surface area (Å²) in [6, 6.07) is 22.4. The van der Waals surface area contributed by atoms with E-state index >= 15 is 0 Å². The molecule has 0 bridgehead atoms. The molecule has 1 aliphatic rings. The molecule has 3 heteroatoms. The number of benzene rings is 3. The van der Waals surface area contributed by atoms with Crippen LogP contribution in [0.2, 0.25) is 0 Å². The number of carbonyl (C=O) groups is 2. The summed E-state index contributed by atoms with van der Waals surface area (Å²) in [5.74, 6) is -0.199. The molecule has 0 amide bonds. The number of carbonyl (C=O) groups excluding carboxylic acids is 2. The number of rotatable bonds is 3. The first kappa shape index (κ1) is 15.3. The molecule has 1 atom stereocenters. The number of anilines is 1. The van der Waals surface area contributed by atoms with Gasteiger partial charge in [-0.25, -0.2) is 0 Å². The number of fused-ring (bicyclic) bond motifs is 2. The zero-order valence-electron chi connectivity index (χ0n) is 13.8. The van der Waals surface area contributed by atoms with Crippen LogP contribution >= 0.6 is 0 Å². The molecule has 0 fully saturated rings. The maximum atomic E-state index is 13.0. The molecule has 25 heavy (non-hydrogen) atoms. The normalized spacial score (nSPS) is 13.8. The lowest BCUT2D eigenvalue weighted by Gasteiger charge is -2.23. The Labute approximate surface area is 146 Å². The molecule has 0 unspecified atom stereocenters. The van der Waals surface area contributed by atoms with Gasteiger partial charge in [-0.3, -0.25) is 9.59 Å². The molecule has 0 radical (unpaired) electrons. The van der Waals surface area contributed by atoms with E-state index in [1.54, 1.807) is 30.3 Å². The van der Waals surface area contributed by atoms with Crippen molar-refractivity contribution in [2.45, 2.75) is 13.0 Å². The topological polar surface area (TPSA) is 46.2 Å². The van der Waals surface area contributed by atoms with Gasteiger partial charge in [0.1, 0.15) is 0 Å². The van der Waals surface area contributed by atoms with Crippen molar-refractivity contribution in [3.05, 3.63) is 101 Å². The molecule has 1 aliphatic carbocycles. The van der Waals surface area contributed by atoms with E-state index in [9.17, 15) is 9.59 Å². The molecule has 3 aromatic rings. The average molecular weight is 327 g/mol. The van der Waals surface area contributed by atoms with Crippen LogP contribution in [0.25, 0.3) is 0 Å². The van der Waals surface area contributed by atoms with Gasteiger partial charge in [0.2, 0.25) is 0 Å². The summed E-state index contributed by atoms with van der Waals surface area (Å²) in [7, 11) is 0. The third kappa shape index (κ3) is 2.54. The summed E-state index contributed by atoms with van der Waals surface area (Å²) in [6.07, 6.45) is 0. The Kier molecular flexibility index (Phi) is 3.69. The number of nitrogens with one attached hydrogen (secondary N) is 1. The molecule has 0 saturated heterocycles. The Bertz CT molecular complexity index is 976. The van der Waals surface area contributed by atoms with Crippen molar-refractivity contribution in [3.63, 3.8) is 0 Å². The van der Waals surface area contributed by atoms with Gasteiger partial charge in [-0.1, -0.05) is 66.7 Å². The first-order valence-corrected chi connectivity index (χ1v) is 8.29. The van der Waals surface area contributed by atoms with E-state index < -0.39 is 0 Å². The van der Waals surface area contributed by atoms with Crippen LogP contribution in [0.5, 0.6) is 0 Å². The molecule has 0 aromatic heterocycles. The van der Waals surface area contributed by atoms with Crippen molar-refractivity contribution >= 4 is 17.3 Å². The SMILES string of the molecule is C[C@@H](Nc1cccc2c1C(=O)c1ccccc1C2=O)c1ccccc1. The van der Waals surface area contributed by atoms with Gasteiger partial charge in [-0.2, -0.15) is 0 Å². The van der Waals surface area contributed by atoms with Crippen LogP contribution in [0.4, 0.5) is 5.69 Å². The summed E-state index contributed by atoms with van der Waals surface area (Å²) >= 11 is 0. The minimum Gasteiger partial charge on any atom is -0.378 e. The van der Waals surface area contributed by atoms with Gasteiger partial charge in [-0.15, -0.1) is 0 Å². The van der Waals surface area contributed by atoms with Crippen LogP contribution in [0, 0.1) is 0 Å². The van der Waals surface area contributed by atoms with Crippen molar-refractivity contribution in [1.82, 2.24) is 0 Å². The van der Waals surface area contributed by atoms with Crippen molar-refractivity contribution < 1.29 is 9.59 Å². The molecule has 4 rings (SSSR count). The quantitative estimate of drug-likeness (QED) is 0.596. The third-order valence-corrected chi connectivity index (χ3v) is 4.62. The molecular formula is C22H17NO2. The molecule has 0 spiro atoms. The van der Waals surface area contributed by atoms with Crippen LogP contribution in [0.3, 0.4) is 0 Å². The Morgan fingerprint density at radius 1 is 0.680 bits per heavy atom. The fourth-order valence-electron chi connectivity index (χ4n) is 3.32. The van der Waals surface area contributed by atoms with Gasteiger partial charge in [0.15, 0.2) is 11.6 Å². The lowest BCUT2D eigenvalue weighted by Crippen LogP contribution is -2.23. The van der Waals surface area contributed by atoms with Gasteiger partial charge in [0.25, 0.3) is 0 Å². The van der Waals surface area contributed by atoms with Gasteiger partial charge in [0, 0.05) is 28.4 Å². The number of hydrogen-bond acceptors (Lipinski definition) is 3. The third-order valence-electron chi connectivity index (χ3n) is 4.62. The van der Waals surface area contributed by atoms with E-state index in [1.165, 1.54) is 0 Å². The maximum Gasteiger partial charge on any atom is 0.196 e. The van der Waals surface area contributed by atoms with Gasteiger partial charge >= 0.3 is 0 Å². The molecule has 0 saturated carbocycles. The van der Waals surface area contributed by atoms with Crippen molar-refractivity contribution in [2.24, 2.45) is 0 Å². The van der Waals surface area contributed by atoms with E-state index in [2.05, 4.69) is 5.32 Å². The second-order valence-corrected chi connectivity index (χ2v) is 6.21. The molecule has 1 N–H and O–H groups in total. The highest BCUT2D eigenvalue weighted by atomic mass is 16.1. The van der Waals surface area contributed by atoms with E-state index in [0.717, 1.165) is 5.56 Å². The Morgan fingerprint density at radius 3 is 2.00 bits per heavy atom. The highest BCUT2D eigenvalue weighted by molar-refractivity contribution is 6.30. The van der Waals surface area contributed by atoms with Crippen LogP contribution < -0.4 is 5.32 Å². The van der Waals surface area contributed by atoms with Crippen LogP contribution in [0.1, 0.15) is 50.4 Å². The van der Waals surface area contributed by atoms with Crippen LogP contribution in [-0.2, 0) is 0 Å². The molecule has 122 valence electrons. The zero-order chi connectivity index (χ0) is 17.4. The van der Waals surface area contributed by atoms with Gasteiger partial charge < -0.3 is 5.32 Å². The highest BCUT2D eigenvalue weighted by Gasteiger charge is 2.31. The smallest absolute Gasteiger partial charge is 0.196 e. The lowest BCUT2D eigenvalue weighted by molar-refractivity contribution is 0.0979. The first-order valence-electron chi connectivity index (χ1n) is 8.29. The maximum absolute atomic E-state index is 13.0. The number of ketones is 2. The largest absolute Gasteiger partial charge is 0.378 e. The minimum absolute atomic E-state index is 0.0211. The average Bonchev–Trinajstić information content (AvgIpc) is 2.66. The number of hydrogen-bond donors (Lipinski definition) is 1. The minimum atomic E-state index is -0.103. The van der Waals surface area contributed by atoms with E-state index in [0.29, 0.717) is 27.9 Å². The van der Waals surface area contributed by atoms with Crippen LogP contribution in [-0.4, -0.2) is 11.6 Å². The summed E-state index contributed by atoms with van der Waals surface area (Å²) in [5, 5.41) is 3.40. The summed E-state index contributed by atoms with van der Waals surface area (Å²) in [5.41, 5.74) is 3.70. The van der Waals surface area contributed by atoms with Gasteiger partial charge in [0.05, 0.1) is 5.56 Å². The Balaban J connectivity index is 1.78. The van der Waals surface area contributed by atoms with Gasteiger partial charge in [-0.05, 0) is 18.6 Å². The van der Waals surface area contributed by atoms with Crippen molar-refractivity contribution in [3.8, 4) is 0 Å². The molecule has 3 aromatic carbocycles. The Hall–Kier alpha value is -3.20. The lowest BCUT2D eigenvalue weighted by atomic mass is 9.83. The summed E-state index contributed by atoms with van der Waals surface area (Å²) < 4.78 is 0. The standard InChI is InChI=1S/C22H17NO2/c1-14(15-8-3-2-4-9-15)23-19-13-7-12-18-20(19)22(25)17-11-6-5-10-16(17)21(18)24/h2-14,23H,1H3/t14-/m1/s1. The summed E-state index contributed by atoms with van der Waals surface area (Å²) in [4.78, 5) is 25.8. The van der Waals surface area contributed by atoms with E-state index in [-0.39, 0.29) is 17.6 Å². The summed E-state index contributed by atoms with van der Waals surface area (Å²) in [6.45, 7) is 2.04. The fraction of sp³-hybridized carbons (Fsp3) is 0.0909. The van der Waals surface area contributed by atoms with Crippen LogP contribution in [0.15, 0.2) is 72.8 Å². The highest BCUT2D eigenvalue weighted by Crippen LogP contribution is 2.33. The Morgan fingerprint density at radius 2 is 1.28 bits per heavy atom. The van der Waals surface area contributed by atoms with Crippen molar-refractivity contribution in [2.75, 3.05) is 5.32 Å². The fourth-order valence-corrected chi connectivity index (χ4v) is 3.32. The monoisotopic (exact) mass is 327 g/mol. The molecule has 0 aliphatic heterocycles. The predicted molar refractivity (Wildman–Crippen MR) is 98.2 cm³/mol. The van der Waals surface area contributed by atoms with E-state index in [1.807, 2.05) is 49.4 Å². The first-order chi connectivity index (χ1) is 12.2. The van der Waals surface area contributed by atoms with E-state index in [4.69, 9.17) is 0 Å². The van der Waals surface area contributed by atoms with Crippen molar-refractivity contribution in [1.29, 1.82) is 0 Å². The predicted octanol–water partition coefficient (Wildman–Crippen LogP) is 4.64. The molecule has 0 heterocycles. The zero-order valence-corrected chi connectivity index (χ0v) is 13.8.